The molecule has 0 saturated carbocycles. The monoisotopic (exact) mass is 286 g/mol. The van der Waals surface area contributed by atoms with Gasteiger partial charge in [0, 0.05) is 19.2 Å². The SMILES string of the molecule is CC(=O)N1C=CC2=NN=C(C)C(O)(CBr)N21. The van der Waals surface area contributed by atoms with Gasteiger partial charge in [-0.1, -0.05) is 15.9 Å². The van der Waals surface area contributed by atoms with Gasteiger partial charge in [0.15, 0.2) is 5.84 Å². The summed E-state index contributed by atoms with van der Waals surface area (Å²) < 4.78 is 0. The highest BCUT2D eigenvalue weighted by atomic mass is 79.9. The van der Waals surface area contributed by atoms with Gasteiger partial charge in [0.25, 0.3) is 0 Å². The van der Waals surface area contributed by atoms with E-state index >= 15 is 0 Å². The van der Waals surface area contributed by atoms with E-state index in [1.165, 1.54) is 16.9 Å². The lowest BCUT2D eigenvalue weighted by Gasteiger charge is -2.42. The molecule has 0 bridgehead atoms. The average Bonchev–Trinajstić information content (AvgIpc) is 2.68. The molecule has 16 heavy (non-hydrogen) atoms. The Morgan fingerprint density at radius 3 is 2.88 bits per heavy atom. The van der Waals surface area contributed by atoms with Crippen LogP contribution in [0, 0.1) is 0 Å². The fourth-order valence-corrected chi connectivity index (χ4v) is 2.23. The van der Waals surface area contributed by atoms with Gasteiger partial charge >= 0.3 is 0 Å². The molecule has 0 fully saturated rings. The van der Waals surface area contributed by atoms with Gasteiger partial charge in [0.05, 0.1) is 11.0 Å². The Balaban J connectivity index is 2.47. The van der Waals surface area contributed by atoms with E-state index < -0.39 is 5.72 Å². The van der Waals surface area contributed by atoms with Crippen molar-refractivity contribution < 1.29 is 9.90 Å². The number of halogens is 1. The van der Waals surface area contributed by atoms with Crippen molar-refractivity contribution in [1.29, 1.82) is 0 Å². The first-order valence-electron chi connectivity index (χ1n) is 4.70. The fraction of sp³-hybridized carbons (Fsp3) is 0.444. The fourth-order valence-electron chi connectivity index (χ4n) is 1.59. The van der Waals surface area contributed by atoms with Crippen molar-refractivity contribution in [3.63, 3.8) is 0 Å². The van der Waals surface area contributed by atoms with Crippen LogP contribution in [0.25, 0.3) is 0 Å². The molecule has 1 amide bonds. The molecule has 0 aromatic carbocycles. The number of alkyl halides is 1. The molecule has 0 radical (unpaired) electrons. The largest absolute Gasteiger partial charge is 0.364 e. The van der Waals surface area contributed by atoms with Crippen LogP contribution in [0.15, 0.2) is 22.5 Å². The average molecular weight is 287 g/mol. The molecule has 0 aromatic rings. The molecule has 2 aliphatic rings. The zero-order valence-corrected chi connectivity index (χ0v) is 10.5. The quantitative estimate of drug-likeness (QED) is 0.712. The van der Waals surface area contributed by atoms with Crippen molar-refractivity contribution in [3.8, 4) is 0 Å². The Kier molecular flexibility index (Phi) is 2.59. The predicted molar refractivity (Wildman–Crippen MR) is 62.8 cm³/mol. The number of carbonyl (C=O) groups excluding carboxylic acids is 1. The number of nitrogens with zero attached hydrogens (tertiary/aromatic N) is 4. The number of carbonyl (C=O) groups is 1. The molecule has 2 rings (SSSR count). The number of hydrazine groups is 1. The number of amides is 1. The summed E-state index contributed by atoms with van der Waals surface area (Å²) in [5, 5.41) is 21.2. The Morgan fingerprint density at radius 2 is 2.31 bits per heavy atom. The smallest absolute Gasteiger partial charge is 0.242 e. The molecule has 1 atom stereocenters. The third-order valence-corrected chi connectivity index (χ3v) is 3.32. The van der Waals surface area contributed by atoms with Crippen molar-refractivity contribution in [2.45, 2.75) is 19.6 Å². The molecule has 0 spiro atoms. The normalized spacial score (nSPS) is 27.8. The summed E-state index contributed by atoms with van der Waals surface area (Å²) in [6.45, 7) is 3.08. The third-order valence-electron chi connectivity index (χ3n) is 2.54. The molecule has 86 valence electrons. The molecular formula is C9H11BrN4O2. The predicted octanol–water partition coefficient (Wildman–Crippen LogP) is 0.451. The number of aliphatic hydroxyl groups is 1. The van der Waals surface area contributed by atoms with Gasteiger partial charge < -0.3 is 5.11 Å². The minimum atomic E-state index is -1.35. The summed E-state index contributed by atoms with van der Waals surface area (Å²) in [7, 11) is 0. The maximum Gasteiger partial charge on any atom is 0.242 e. The van der Waals surface area contributed by atoms with E-state index in [-0.39, 0.29) is 11.2 Å². The summed E-state index contributed by atoms with van der Waals surface area (Å²) in [6, 6.07) is 0. The zero-order chi connectivity index (χ0) is 11.9. The first-order chi connectivity index (χ1) is 7.50. The lowest BCUT2D eigenvalue weighted by Crippen LogP contribution is -2.63. The van der Waals surface area contributed by atoms with Gasteiger partial charge in [-0.25, -0.2) is 10.0 Å². The molecule has 0 saturated heterocycles. The first-order valence-corrected chi connectivity index (χ1v) is 5.82. The minimum Gasteiger partial charge on any atom is -0.364 e. The van der Waals surface area contributed by atoms with Crippen LogP contribution in [0.3, 0.4) is 0 Å². The summed E-state index contributed by atoms with van der Waals surface area (Å²) in [5.74, 6) is 0.248. The van der Waals surface area contributed by atoms with Crippen molar-refractivity contribution in [1.82, 2.24) is 10.0 Å². The van der Waals surface area contributed by atoms with Crippen LogP contribution in [0.2, 0.25) is 0 Å². The van der Waals surface area contributed by atoms with Crippen LogP contribution >= 0.6 is 15.9 Å². The minimum absolute atomic E-state index is 0.199. The second kappa shape index (κ2) is 3.67. The Bertz CT molecular complexity index is 431. The Morgan fingerprint density at radius 1 is 1.62 bits per heavy atom. The first kappa shape index (κ1) is 11.3. The number of hydrogen-bond acceptors (Lipinski definition) is 5. The lowest BCUT2D eigenvalue weighted by molar-refractivity contribution is -0.148. The van der Waals surface area contributed by atoms with Gasteiger partial charge in [0.2, 0.25) is 11.6 Å². The van der Waals surface area contributed by atoms with E-state index in [1.807, 2.05) is 0 Å². The second-order valence-corrected chi connectivity index (χ2v) is 4.15. The van der Waals surface area contributed by atoms with Crippen LogP contribution in [-0.4, -0.2) is 43.6 Å². The number of rotatable bonds is 1. The Hall–Kier alpha value is -1.21. The van der Waals surface area contributed by atoms with Gasteiger partial charge in [0.1, 0.15) is 0 Å². The van der Waals surface area contributed by atoms with E-state index in [1.54, 1.807) is 19.2 Å². The van der Waals surface area contributed by atoms with Crippen molar-refractivity contribution >= 4 is 33.4 Å². The molecule has 0 aliphatic carbocycles. The molecule has 7 heteroatoms. The standard InChI is InChI=1S/C9H11BrN4O2/c1-6-9(16,5-10)14-8(12-11-6)3-4-13(14)7(2)15/h3-4,16H,5H2,1-2H3. The van der Waals surface area contributed by atoms with Crippen LogP contribution < -0.4 is 0 Å². The molecule has 0 aromatic heterocycles. The summed E-state index contributed by atoms with van der Waals surface area (Å²) in [4.78, 5) is 11.4. The highest BCUT2D eigenvalue weighted by Crippen LogP contribution is 2.28. The zero-order valence-electron chi connectivity index (χ0n) is 8.88. The van der Waals surface area contributed by atoms with E-state index in [2.05, 4.69) is 26.1 Å². The second-order valence-electron chi connectivity index (χ2n) is 3.58. The van der Waals surface area contributed by atoms with E-state index in [4.69, 9.17) is 0 Å². The van der Waals surface area contributed by atoms with Gasteiger partial charge in [-0.05, 0) is 6.92 Å². The van der Waals surface area contributed by atoms with Crippen LogP contribution in [0.4, 0.5) is 0 Å². The highest BCUT2D eigenvalue weighted by Gasteiger charge is 2.46. The van der Waals surface area contributed by atoms with Crippen molar-refractivity contribution in [2.75, 3.05) is 5.33 Å². The van der Waals surface area contributed by atoms with Crippen LogP contribution in [0.1, 0.15) is 13.8 Å². The van der Waals surface area contributed by atoms with Gasteiger partial charge in [-0.2, -0.15) is 5.10 Å². The van der Waals surface area contributed by atoms with Crippen LogP contribution in [-0.2, 0) is 4.79 Å². The number of fused-ring (bicyclic) bond motifs is 1. The van der Waals surface area contributed by atoms with Crippen molar-refractivity contribution in [3.05, 3.63) is 12.3 Å². The number of hydrogen-bond donors (Lipinski definition) is 1. The maximum atomic E-state index is 11.4. The molecule has 2 heterocycles. The van der Waals surface area contributed by atoms with Crippen LogP contribution in [0.5, 0.6) is 0 Å². The van der Waals surface area contributed by atoms with E-state index in [9.17, 15) is 9.90 Å². The molecule has 1 unspecified atom stereocenters. The van der Waals surface area contributed by atoms with E-state index in [0.717, 1.165) is 0 Å². The molecular weight excluding hydrogens is 276 g/mol. The van der Waals surface area contributed by atoms with E-state index in [0.29, 0.717) is 11.5 Å². The lowest BCUT2D eigenvalue weighted by atomic mass is 10.1. The maximum absolute atomic E-state index is 11.4. The highest BCUT2D eigenvalue weighted by molar-refractivity contribution is 9.09. The summed E-state index contributed by atoms with van der Waals surface area (Å²) in [6.07, 6.45) is 3.19. The number of amidine groups is 1. The van der Waals surface area contributed by atoms with Crippen molar-refractivity contribution in [2.24, 2.45) is 10.2 Å². The Labute approximate surface area is 101 Å². The molecule has 2 aliphatic heterocycles. The summed E-state index contributed by atoms with van der Waals surface area (Å²) >= 11 is 3.23. The van der Waals surface area contributed by atoms with Gasteiger partial charge in [-0.15, -0.1) is 5.10 Å². The topological polar surface area (TPSA) is 68.5 Å². The van der Waals surface area contributed by atoms with Gasteiger partial charge in [-0.3, -0.25) is 4.79 Å². The molecule has 6 nitrogen and oxygen atoms in total. The molecule has 1 N–H and O–H groups in total. The summed E-state index contributed by atoms with van der Waals surface area (Å²) in [5.41, 5.74) is -0.922. The third kappa shape index (κ3) is 1.39.